The molecule has 2 aromatic heterocycles. The molecule has 3 heterocycles. The summed E-state index contributed by atoms with van der Waals surface area (Å²) in [5.74, 6) is -0.547. The van der Waals surface area contributed by atoms with Crippen LogP contribution in [0.3, 0.4) is 0 Å². The molecule has 0 aliphatic carbocycles. The number of aromatic nitrogens is 3. The number of pyridine rings is 1. The molecular weight excluding hydrogens is 509 g/mol. The molecule has 1 aliphatic rings. The van der Waals surface area contributed by atoms with Crippen LogP contribution in [0.5, 0.6) is 0 Å². The van der Waals surface area contributed by atoms with E-state index in [0.717, 1.165) is 5.56 Å². The lowest BCUT2D eigenvalue weighted by molar-refractivity contribution is 0.208. The highest BCUT2D eigenvalue weighted by molar-refractivity contribution is 6.31. The highest BCUT2D eigenvalue weighted by Crippen LogP contribution is 2.25. The van der Waals surface area contributed by atoms with Crippen molar-refractivity contribution >= 4 is 34.7 Å². The first-order valence-electron chi connectivity index (χ1n) is 12.1. The van der Waals surface area contributed by atoms with Crippen molar-refractivity contribution in [2.45, 2.75) is 6.54 Å². The van der Waals surface area contributed by atoms with Gasteiger partial charge in [-0.05, 0) is 42.0 Å². The Balaban J connectivity index is 1.34. The average Bonchev–Trinajstić information content (AvgIpc) is 2.95. The number of nitrogens with zero attached hydrogens (tertiary/aromatic N) is 5. The van der Waals surface area contributed by atoms with Crippen molar-refractivity contribution in [3.63, 3.8) is 0 Å². The molecule has 194 valence electrons. The van der Waals surface area contributed by atoms with Gasteiger partial charge in [0.1, 0.15) is 11.5 Å². The molecule has 2 N–H and O–H groups in total. The van der Waals surface area contributed by atoms with Crippen LogP contribution < -0.4 is 21.1 Å². The number of rotatable bonds is 6. The van der Waals surface area contributed by atoms with Crippen LogP contribution in [0.15, 0.2) is 84.0 Å². The quantitative estimate of drug-likeness (QED) is 0.382. The number of carbonyl (C=O) groups excluding carboxylic acids is 1. The first-order valence-corrected chi connectivity index (χ1v) is 12.4. The van der Waals surface area contributed by atoms with Crippen molar-refractivity contribution in [2.24, 2.45) is 0 Å². The number of benzene rings is 2. The Kier molecular flexibility index (Phi) is 7.50. The summed E-state index contributed by atoms with van der Waals surface area (Å²) in [6, 6.07) is 16.7. The van der Waals surface area contributed by atoms with E-state index >= 15 is 0 Å². The second kappa shape index (κ2) is 11.3. The third-order valence-electron chi connectivity index (χ3n) is 6.23. The van der Waals surface area contributed by atoms with E-state index in [9.17, 15) is 14.0 Å². The predicted molar refractivity (Wildman–Crippen MR) is 146 cm³/mol. The number of amides is 2. The Morgan fingerprint density at radius 2 is 1.79 bits per heavy atom. The molecule has 2 amide bonds. The fourth-order valence-electron chi connectivity index (χ4n) is 4.22. The van der Waals surface area contributed by atoms with Gasteiger partial charge in [-0.1, -0.05) is 35.9 Å². The normalized spacial score (nSPS) is 13.3. The summed E-state index contributed by atoms with van der Waals surface area (Å²) < 4.78 is 14.8. The van der Waals surface area contributed by atoms with Gasteiger partial charge in [-0.25, -0.2) is 9.18 Å². The van der Waals surface area contributed by atoms with E-state index in [4.69, 9.17) is 11.6 Å². The zero-order valence-electron chi connectivity index (χ0n) is 20.3. The monoisotopic (exact) mass is 533 g/mol. The van der Waals surface area contributed by atoms with Crippen LogP contribution in [0.2, 0.25) is 5.02 Å². The molecule has 0 atom stereocenters. The minimum Gasteiger partial charge on any atom is -0.375 e. The number of halogens is 2. The molecule has 5 rings (SSSR count). The van der Waals surface area contributed by atoms with E-state index in [1.807, 2.05) is 47.4 Å². The van der Waals surface area contributed by atoms with Gasteiger partial charge in [0.15, 0.2) is 0 Å². The molecule has 0 radical (unpaired) electrons. The van der Waals surface area contributed by atoms with Crippen LogP contribution in [0.1, 0.15) is 5.56 Å². The maximum atomic E-state index is 13.6. The molecule has 4 aromatic rings. The molecular formula is C27H25ClFN7O2. The Bertz CT molecular complexity index is 1480. The summed E-state index contributed by atoms with van der Waals surface area (Å²) in [7, 11) is 0. The standard InChI is InChI=1S/C27H25ClFN7O2/c28-22-15-20(8-9-23(22)29)33-27(38)35-13-11-34(12-14-35)24-18-32-36(21-6-2-1-3-7-21)26(37)25(24)31-17-19-5-4-10-30-16-19/h1-10,15-16,18,31H,11-14,17H2,(H,33,38). The van der Waals surface area contributed by atoms with Gasteiger partial charge in [-0.2, -0.15) is 9.78 Å². The van der Waals surface area contributed by atoms with Crippen molar-refractivity contribution in [1.82, 2.24) is 19.7 Å². The van der Waals surface area contributed by atoms with Gasteiger partial charge in [0.05, 0.1) is 22.6 Å². The zero-order chi connectivity index (χ0) is 26.5. The summed E-state index contributed by atoms with van der Waals surface area (Å²) in [6.45, 7) is 2.25. The van der Waals surface area contributed by atoms with Crippen molar-refractivity contribution in [3.8, 4) is 5.69 Å². The summed E-state index contributed by atoms with van der Waals surface area (Å²) in [6.07, 6.45) is 5.12. The molecule has 2 aromatic carbocycles. The highest BCUT2D eigenvalue weighted by Gasteiger charge is 2.25. The van der Waals surface area contributed by atoms with Crippen LogP contribution in [0.25, 0.3) is 5.69 Å². The molecule has 0 unspecified atom stereocenters. The first kappa shape index (κ1) is 25.2. The number of hydrogen-bond donors (Lipinski definition) is 2. The minimum atomic E-state index is -0.547. The molecule has 9 nitrogen and oxygen atoms in total. The lowest BCUT2D eigenvalue weighted by Crippen LogP contribution is -2.50. The van der Waals surface area contributed by atoms with Gasteiger partial charge >= 0.3 is 6.03 Å². The topological polar surface area (TPSA) is 95.4 Å². The average molecular weight is 534 g/mol. The highest BCUT2D eigenvalue weighted by atomic mass is 35.5. The molecule has 38 heavy (non-hydrogen) atoms. The van der Waals surface area contributed by atoms with Crippen molar-refractivity contribution < 1.29 is 9.18 Å². The summed E-state index contributed by atoms with van der Waals surface area (Å²) >= 11 is 5.82. The molecule has 0 bridgehead atoms. The largest absolute Gasteiger partial charge is 0.375 e. The van der Waals surface area contributed by atoms with E-state index in [-0.39, 0.29) is 16.6 Å². The van der Waals surface area contributed by atoms with Crippen LogP contribution in [0, 0.1) is 5.82 Å². The smallest absolute Gasteiger partial charge is 0.321 e. The van der Waals surface area contributed by atoms with Gasteiger partial charge in [-0.3, -0.25) is 9.78 Å². The molecule has 0 spiro atoms. The van der Waals surface area contributed by atoms with E-state index < -0.39 is 5.82 Å². The number of para-hydroxylation sites is 1. The number of piperazine rings is 1. The van der Waals surface area contributed by atoms with E-state index in [1.165, 1.54) is 22.9 Å². The Morgan fingerprint density at radius 1 is 1.00 bits per heavy atom. The van der Waals surface area contributed by atoms with Gasteiger partial charge in [0.2, 0.25) is 0 Å². The second-order valence-electron chi connectivity index (χ2n) is 8.71. The number of anilines is 3. The summed E-state index contributed by atoms with van der Waals surface area (Å²) in [4.78, 5) is 34.2. The number of urea groups is 1. The van der Waals surface area contributed by atoms with Crippen molar-refractivity contribution in [3.05, 3.63) is 106 Å². The van der Waals surface area contributed by atoms with E-state index in [1.54, 1.807) is 23.5 Å². The van der Waals surface area contributed by atoms with Crippen LogP contribution in [-0.2, 0) is 6.54 Å². The lowest BCUT2D eigenvalue weighted by Gasteiger charge is -2.36. The lowest BCUT2D eigenvalue weighted by atomic mass is 10.2. The maximum Gasteiger partial charge on any atom is 0.321 e. The zero-order valence-corrected chi connectivity index (χ0v) is 21.1. The Morgan fingerprint density at radius 3 is 2.50 bits per heavy atom. The third-order valence-corrected chi connectivity index (χ3v) is 6.52. The number of carbonyl (C=O) groups is 1. The second-order valence-corrected chi connectivity index (χ2v) is 9.11. The molecule has 11 heteroatoms. The fraction of sp³-hybridized carbons (Fsp3) is 0.185. The number of hydrogen-bond acceptors (Lipinski definition) is 6. The third kappa shape index (κ3) is 5.60. The van der Waals surface area contributed by atoms with Crippen LogP contribution in [0.4, 0.5) is 26.2 Å². The van der Waals surface area contributed by atoms with Crippen molar-refractivity contribution in [1.29, 1.82) is 0 Å². The summed E-state index contributed by atoms with van der Waals surface area (Å²) in [5, 5.41) is 10.4. The van der Waals surface area contributed by atoms with Gasteiger partial charge < -0.3 is 20.4 Å². The summed E-state index contributed by atoms with van der Waals surface area (Å²) in [5.41, 5.74) is 2.83. The molecule has 1 aliphatic heterocycles. The maximum absolute atomic E-state index is 13.6. The minimum absolute atomic E-state index is 0.0586. The van der Waals surface area contributed by atoms with Gasteiger partial charge in [-0.15, -0.1) is 0 Å². The van der Waals surface area contributed by atoms with E-state index in [0.29, 0.717) is 55.5 Å². The molecule has 1 saturated heterocycles. The molecule has 0 saturated carbocycles. The fourth-order valence-corrected chi connectivity index (χ4v) is 4.40. The predicted octanol–water partition coefficient (Wildman–Crippen LogP) is 4.39. The number of nitrogens with one attached hydrogen (secondary N) is 2. The SMILES string of the molecule is O=C(Nc1ccc(F)c(Cl)c1)N1CCN(c2cnn(-c3ccccc3)c(=O)c2NCc2cccnc2)CC1. The van der Waals surface area contributed by atoms with Crippen LogP contribution >= 0.6 is 11.6 Å². The Labute approximate surface area is 223 Å². The van der Waals surface area contributed by atoms with Gasteiger partial charge in [0.25, 0.3) is 5.56 Å². The Hall–Kier alpha value is -4.44. The first-order chi connectivity index (χ1) is 18.5. The van der Waals surface area contributed by atoms with Gasteiger partial charge in [0, 0.05) is 50.8 Å². The van der Waals surface area contributed by atoms with Crippen molar-refractivity contribution in [2.75, 3.05) is 41.7 Å². The molecule has 1 fully saturated rings. The van der Waals surface area contributed by atoms with E-state index in [2.05, 4.69) is 20.7 Å². The van der Waals surface area contributed by atoms with Crippen LogP contribution in [-0.4, -0.2) is 51.9 Å².